The van der Waals surface area contributed by atoms with E-state index < -0.39 is 0 Å². The molecule has 0 aromatic heterocycles. The van der Waals surface area contributed by atoms with Crippen LogP contribution >= 0.6 is 0 Å². The molecule has 5 heteroatoms. The molecular formula is C19H29N3O2. The molecule has 2 atom stereocenters. The fraction of sp³-hybridized carbons (Fsp3) is 0.579. The van der Waals surface area contributed by atoms with Crippen molar-refractivity contribution in [2.24, 2.45) is 11.7 Å². The van der Waals surface area contributed by atoms with Crippen molar-refractivity contribution in [3.63, 3.8) is 0 Å². The number of benzene rings is 1. The Hall–Kier alpha value is -2.04. The highest BCUT2D eigenvalue weighted by atomic mass is 16.2. The van der Waals surface area contributed by atoms with E-state index >= 15 is 0 Å². The SMILES string of the molecule is CC(C)c1ccc(NC(=O)N[C@H]2CCC[C@H]2C(N)=O)c(C(C)C)c1. The average Bonchev–Trinajstić information content (AvgIpc) is 2.95. The van der Waals surface area contributed by atoms with Crippen molar-refractivity contribution in [3.8, 4) is 0 Å². The Kier molecular flexibility index (Phi) is 5.86. The molecule has 0 radical (unpaired) electrons. The molecule has 1 aromatic carbocycles. The highest BCUT2D eigenvalue weighted by Crippen LogP contribution is 2.29. The van der Waals surface area contributed by atoms with Crippen LogP contribution in [0, 0.1) is 5.92 Å². The fourth-order valence-electron chi connectivity index (χ4n) is 3.33. The summed E-state index contributed by atoms with van der Waals surface area (Å²) >= 11 is 0. The lowest BCUT2D eigenvalue weighted by molar-refractivity contribution is -0.122. The number of rotatable bonds is 5. The van der Waals surface area contributed by atoms with Crippen molar-refractivity contribution < 1.29 is 9.59 Å². The van der Waals surface area contributed by atoms with Crippen LogP contribution in [0.4, 0.5) is 10.5 Å². The van der Waals surface area contributed by atoms with Crippen molar-refractivity contribution in [2.45, 2.75) is 64.8 Å². The van der Waals surface area contributed by atoms with Gasteiger partial charge in [0.15, 0.2) is 0 Å². The van der Waals surface area contributed by atoms with Gasteiger partial charge < -0.3 is 16.4 Å². The number of hydrogen-bond donors (Lipinski definition) is 3. The summed E-state index contributed by atoms with van der Waals surface area (Å²) in [6.45, 7) is 8.54. The number of amides is 3. The molecule has 0 spiro atoms. The fourth-order valence-corrected chi connectivity index (χ4v) is 3.33. The number of primary amides is 1. The molecule has 1 fully saturated rings. The summed E-state index contributed by atoms with van der Waals surface area (Å²) in [6.07, 6.45) is 2.46. The Labute approximate surface area is 144 Å². The second-order valence-electron chi connectivity index (χ2n) is 7.30. The van der Waals surface area contributed by atoms with Crippen LogP contribution in [0.5, 0.6) is 0 Å². The van der Waals surface area contributed by atoms with Gasteiger partial charge >= 0.3 is 6.03 Å². The molecular weight excluding hydrogens is 302 g/mol. The molecule has 0 saturated heterocycles. The zero-order valence-corrected chi connectivity index (χ0v) is 15.1. The molecule has 0 aliphatic heterocycles. The molecule has 4 N–H and O–H groups in total. The standard InChI is InChI=1S/C19H29N3O2/c1-11(2)13-8-9-17(15(10-13)12(3)4)22-19(24)21-16-7-5-6-14(16)18(20)23/h8-12,14,16H,5-7H2,1-4H3,(H2,20,23)(H2,21,22,24)/t14-,16+/m1/s1. The molecule has 24 heavy (non-hydrogen) atoms. The van der Waals surface area contributed by atoms with Gasteiger partial charge in [-0.25, -0.2) is 4.79 Å². The average molecular weight is 331 g/mol. The van der Waals surface area contributed by atoms with Crippen LogP contribution in [0.2, 0.25) is 0 Å². The maximum Gasteiger partial charge on any atom is 0.319 e. The van der Waals surface area contributed by atoms with E-state index in [9.17, 15) is 9.59 Å². The minimum atomic E-state index is -0.332. The first-order valence-corrected chi connectivity index (χ1v) is 8.80. The lowest BCUT2D eigenvalue weighted by Crippen LogP contribution is -2.44. The van der Waals surface area contributed by atoms with Gasteiger partial charge in [-0.2, -0.15) is 0 Å². The summed E-state index contributed by atoms with van der Waals surface area (Å²) in [6, 6.07) is 5.73. The van der Waals surface area contributed by atoms with Gasteiger partial charge in [-0.3, -0.25) is 4.79 Å². The van der Waals surface area contributed by atoms with Gasteiger partial charge in [0.2, 0.25) is 5.91 Å². The minimum Gasteiger partial charge on any atom is -0.369 e. The zero-order valence-electron chi connectivity index (χ0n) is 15.1. The number of hydrogen-bond acceptors (Lipinski definition) is 2. The van der Waals surface area contributed by atoms with Crippen molar-refractivity contribution in [3.05, 3.63) is 29.3 Å². The quantitative estimate of drug-likeness (QED) is 0.768. The summed E-state index contributed by atoms with van der Waals surface area (Å²) in [4.78, 5) is 23.8. The summed E-state index contributed by atoms with van der Waals surface area (Å²) in [7, 11) is 0. The Balaban J connectivity index is 2.09. The molecule has 132 valence electrons. The smallest absolute Gasteiger partial charge is 0.319 e. The molecule has 0 heterocycles. The Morgan fingerprint density at radius 1 is 1.12 bits per heavy atom. The van der Waals surface area contributed by atoms with Crippen LogP contribution in [-0.4, -0.2) is 18.0 Å². The van der Waals surface area contributed by atoms with E-state index in [-0.39, 0.29) is 23.9 Å². The second-order valence-corrected chi connectivity index (χ2v) is 7.30. The lowest BCUT2D eigenvalue weighted by atomic mass is 9.94. The zero-order chi connectivity index (χ0) is 17.9. The molecule has 0 unspecified atom stereocenters. The first kappa shape index (κ1) is 18.3. The molecule has 1 aliphatic rings. The first-order chi connectivity index (χ1) is 11.3. The van der Waals surface area contributed by atoms with Gasteiger partial charge in [0.25, 0.3) is 0 Å². The van der Waals surface area contributed by atoms with Gasteiger partial charge in [-0.1, -0.05) is 46.2 Å². The van der Waals surface area contributed by atoms with Gasteiger partial charge in [-0.05, 0) is 41.9 Å². The lowest BCUT2D eigenvalue weighted by Gasteiger charge is -2.21. The number of urea groups is 1. The maximum atomic E-state index is 12.4. The van der Waals surface area contributed by atoms with Gasteiger partial charge in [0, 0.05) is 11.7 Å². The number of anilines is 1. The second kappa shape index (κ2) is 7.69. The molecule has 5 nitrogen and oxygen atoms in total. The van der Waals surface area contributed by atoms with E-state index in [1.807, 2.05) is 12.1 Å². The van der Waals surface area contributed by atoms with Crippen LogP contribution < -0.4 is 16.4 Å². The summed E-state index contributed by atoms with van der Waals surface area (Å²) in [5, 5.41) is 5.85. The van der Waals surface area contributed by atoms with Crippen LogP contribution in [-0.2, 0) is 4.79 Å². The summed E-state index contributed by atoms with van der Waals surface area (Å²) < 4.78 is 0. The van der Waals surface area contributed by atoms with E-state index in [1.54, 1.807) is 0 Å². The maximum absolute atomic E-state index is 12.4. The third-order valence-electron chi connectivity index (χ3n) is 4.81. The van der Waals surface area contributed by atoms with Gasteiger partial charge in [-0.15, -0.1) is 0 Å². The Morgan fingerprint density at radius 2 is 1.83 bits per heavy atom. The normalized spacial score (nSPS) is 20.4. The molecule has 0 bridgehead atoms. The van der Waals surface area contributed by atoms with Gasteiger partial charge in [0.1, 0.15) is 0 Å². The number of carbonyl (C=O) groups is 2. The highest BCUT2D eigenvalue weighted by Gasteiger charge is 2.32. The molecule has 3 amide bonds. The highest BCUT2D eigenvalue weighted by molar-refractivity contribution is 5.91. The number of nitrogens with one attached hydrogen (secondary N) is 2. The van der Waals surface area contributed by atoms with Crippen LogP contribution in [0.3, 0.4) is 0 Å². The number of carbonyl (C=O) groups excluding carboxylic acids is 2. The van der Waals surface area contributed by atoms with E-state index in [2.05, 4.69) is 44.4 Å². The summed E-state index contributed by atoms with van der Waals surface area (Å²) in [5.41, 5.74) is 8.61. The molecule has 2 rings (SSSR count). The van der Waals surface area contributed by atoms with Crippen molar-refractivity contribution >= 4 is 17.6 Å². The monoisotopic (exact) mass is 331 g/mol. The molecule has 1 saturated carbocycles. The van der Waals surface area contributed by atoms with Crippen LogP contribution in [0.25, 0.3) is 0 Å². The molecule has 1 aromatic rings. The van der Waals surface area contributed by atoms with Crippen molar-refractivity contribution in [1.82, 2.24) is 5.32 Å². The topological polar surface area (TPSA) is 84.2 Å². The third kappa shape index (κ3) is 4.28. The third-order valence-corrected chi connectivity index (χ3v) is 4.81. The van der Waals surface area contributed by atoms with E-state index in [4.69, 9.17) is 5.73 Å². The van der Waals surface area contributed by atoms with E-state index in [0.717, 1.165) is 30.5 Å². The largest absolute Gasteiger partial charge is 0.369 e. The van der Waals surface area contributed by atoms with Crippen molar-refractivity contribution in [1.29, 1.82) is 0 Å². The van der Waals surface area contributed by atoms with E-state index in [0.29, 0.717) is 11.8 Å². The number of nitrogens with two attached hydrogens (primary N) is 1. The Bertz CT molecular complexity index is 611. The summed E-state index contributed by atoms with van der Waals surface area (Å²) in [5.74, 6) is 0.162. The van der Waals surface area contributed by atoms with Crippen LogP contribution in [0.1, 0.15) is 69.9 Å². The minimum absolute atomic E-state index is 0.167. The van der Waals surface area contributed by atoms with Gasteiger partial charge in [0.05, 0.1) is 5.92 Å². The predicted molar refractivity (Wildman–Crippen MR) is 97.1 cm³/mol. The van der Waals surface area contributed by atoms with E-state index in [1.165, 1.54) is 5.56 Å². The first-order valence-electron chi connectivity index (χ1n) is 8.80. The predicted octanol–water partition coefficient (Wildman–Crippen LogP) is 3.71. The Morgan fingerprint density at radius 3 is 2.42 bits per heavy atom. The van der Waals surface area contributed by atoms with Crippen LogP contribution in [0.15, 0.2) is 18.2 Å². The van der Waals surface area contributed by atoms with Crippen molar-refractivity contribution in [2.75, 3.05) is 5.32 Å². The molecule has 1 aliphatic carbocycles.